The number of carbonyl (C=O) groups excluding carboxylic acids is 2. The highest BCUT2D eigenvalue weighted by Crippen LogP contribution is 1.97. The second kappa shape index (κ2) is 7.06. The molecule has 2 N–H and O–H groups in total. The largest absolute Gasteiger partial charge is 0.395 e. The summed E-state index contributed by atoms with van der Waals surface area (Å²) < 4.78 is 3.99. The van der Waals surface area contributed by atoms with Crippen molar-refractivity contribution in [3.05, 3.63) is 0 Å². The molecule has 0 spiro atoms. The first-order valence-corrected chi connectivity index (χ1v) is 4.06. The Morgan fingerprint density at radius 2 is 2.14 bits per heavy atom. The highest BCUT2D eigenvalue weighted by atomic mass is 16.6. The Morgan fingerprint density at radius 1 is 1.50 bits per heavy atom. The molecule has 0 heterocycles. The lowest BCUT2D eigenvalue weighted by atomic mass is 10.2. The van der Waals surface area contributed by atoms with E-state index in [0.717, 1.165) is 0 Å². The van der Waals surface area contributed by atoms with Gasteiger partial charge < -0.3 is 14.9 Å². The first-order chi connectivity index (χ1) is 6.56. The van der Waals surface area contributed by atoms with Crippen LogP contribution >= 0.6 is 0 Å². The van der Waals surface area contributed by atoms with E-state index < -0.39 is 18.2 Å². The Bertz CT molecular complexity index is 248. The predicted octanol–water partition coefficient (Wildman–Crippen LogP) is -0.789. The molecule has 0 aromatic carbocycles. The van der Waals surface area contributed by atoms with Gasteiger partial charge in [0.1, 0.15) is 12.2 Å². The van der Waals surface area contributed by atoms with Crippen LogP contribution in [-0.2, 0) is 14.3 Å². The fraction of sp³-hybridized carbons (Fsp3) is 0.556. The lowest BCUT2D eigenvalue weighted by molar-refractivity contribution is -0.151. The van der Waals surface area contributed by atoms with E-state index >= 15 is 0 Å². The van der Waals surface area contributed by atoms with Crippen molar-refractivity contribution in [1.82, 2.24) is 0 Å². The Morgan fingerprint density at radius 3 is 2.64 bits per heavy atom. The van der Waals surface area contributed by atoms with Gasteiger partial charge in [0.15, 0.2) is 0 Å². The minimum Gasteiger partial charge on any atom is -0.395 e. The summed E-state index contributed by atoms with van der Waals surface area (Å²) in [5.74, 6) is 3.96. The summed E-state index contributed by atoms with van der Waals surface area (Å²) in [6.45, 7) is 1.50. The summed E-state index contributed by atoms with van der Waals surface area (Å²) in [6, 6.07) is 0. The van der Waals surface area contributed by atoms with Gasteiger partial charge in [-0.15, -0.1) is 0 Å². The molecule has 2 atom stereocenters. The van der Waals surface area contributed by atoms with E-state index in [1.165, 1.54) is 6.92 Å². The first kappa shape index (κ1) is 12.6. The molecule has 0 aromatic rings. The van der Waals surface area contributed by atoms with Crippen molar-refractivity contribution < 1.29 is 24.5 Å². The number of rotatable bonds is 4. The van der Waals surface area contributed by atoms with Gasteiger partial charge >= 0.3 is 12.4 Å². The molecule has 0 bridgehead atoms. The first-order valence-electron chi connectivity index (χ1n) is 4.06. The smallest absolute Gasteiger partial charge is 0.313 e. The highest BCUT2D eigenvalue weighted by Gasteiger charge is 2.06. The molecule has 5 heteroatoms. The average molecular weight is 200 g/mol. The Kier molecular flexibility index (Phi) is 6.37. The molecule has 0 saturated heterocycles. The molecule has 14 heavy (non-hydrogen) atoms. The molecule has 78 valence electrons. The second-order valence-electron chi connectivity index (χ2n) is 2.61. The van der Waals surface area contributed by atoms with E-state index in [9.17, 15) is 9.59 Å². The van der Waals surface area contributed by atoms with E-state index in [4.69, 9.17) is 10.2 Å². The van der Waals surface area contributed by atoms with Gasteiger partial charge in [-0.3, -0.25) is 9.59 Å². The molecule has 0 rings (SSSR count). The van der Waals surface area contributed by atoms with Gasteiger partial charge in [-0.05, 0) is 13.3 Å². The van der Waals surface area contributed by atoms with E-state index in [0.29, 0.717) is 0 Å². The Labute approximate surface area is 81.7 Å². The van der Waals surface area contributed by atoms with Crippen LogP contribution in [0, 0.1) is 11.8 Å². The van der Waals surface area contributed by atoms with Crippen LogP contribution in [0.4, 0.5) is 0 Å². The maximum Gasteiger partial charge on any atom is 0.313 e. The number of aliphatic hydroxyl groups excluding tert-OH is 2. The SMILES string of the molecule is CC(O)C#CC(O)CCC(=O)OC=O. The molecule has 0 radical (unpaired) electrons. The van der Waals surface area contributed by atoms with Crippen molar-refractivity contribution in [2.45, 2.75) is 32.0 Å². The number of aliphatic hydroxyl groups is 2. The van der Waals surface area contributed by atoms with Gasteiger partial charge in [0.05, 0.1) is 0 Å². The number of carbonyl (C=O) groups is 2. The predicted molar refractivity (Wildman–Crippen MR) is 46.9 cm³/mol. The molecular formula is C9H12O5. The van der Waals surface area contributed by atoms with Crippen LogP contribution in [0.25, 0.3) is 0 Å². The van der Waals surface area contributed by atoms with E-state index in [2.05, 4.69) is 16.6 Å². The van der Waals surface area contributed by atoms with Gasteiger partial charge in [0.25, 0.3) is 0 Å². The van der Waals surface area contributed by atoms with E-state index in [-0.39, 0.29) is 19.3 Å². The third-order valence-electron chi connectivity index (χ3n) is 1.26. The van der Waals surface area contributed by atoms with E-state index in [1.807, 2.05) is 0 Å². The van der Waals surface area contributed by atoms with Crippen molar-refractivity contribution >= 4 is 12.4 Å². The van der Waals surface area contributed by atoms with Crippen molar-refractivity contribution in [2.75, 3.05) is 0 Å². The number of ether oxygens (including phenoxy) is 1. The number of hydrogen-bond acceptors (Lipinski definition) is 5. The third kappa shape index (κ3) is 7.28. The molecule has 0 fully saturated rings. The molecule has 0 amide bonds. The van der Waals surface area contributed by atoms with Crippen LogP contribution in [-0.4, -0.2) is 34.9 Å². The topological polar surface area (TPSA) is 83.8 Å². The minimum atomic E-state index is -0.996. The van der Waals surface area contributed by atoms with Gasteiger partial charge in [-0.25, -0.2) is 0 Å². The third-order valence-corrected chi connectivity index (χ3v) is 1.26. The van der Waals surface area contributed by atoms with Crippen molar-refractivity contribution in [3.8, 4) is 11.8 Å². The van der Waals surface area contributed by atoms with Gasteiger partial charge in [0, 0.05) is 6.42 Å². The molecule has 5 nitrogen and oxygen atoms in total. The molecule has 0 aliphatic carbocycles. The molecule has 0 saturated carbocycles. The Hall–Kier alpha value is -1.38. The number of esters is 1. The monoisotopic (exact) mass is 200 g/mol. The van der Waals surface area contributed by atoms with Crippen LogP contribution in [0.3, 0.4) is 0 Å². The summed E-state index contributed by atoms with van der Waals surface area (Å²) in [6.07, 6.45) is -1.82. The van der Waals surface area contributed by atoms with Crippen LogP contribution in [0.5, 0.6) is 0 Å². The van der Waals surface area contributed by atoms with Gasteiger partial charge in [-0.2, -0.15) is 0 Å². The lowest BCUT2D eigenvalue weighted by Crippen LogP contribution is -2.10. The highest BCUT2D eigenvalue weighted by molar-refractivity contribution is 5.76. The summed E-state index contributed by atoms with van der Waals surface area (Å²) in [5.41, 5.74) is 0. The molecular weight excluding hydrogens is 188 g/mol. The van der Waals surface area contributed by atoms with Crippen molar-refractivity contribution in [3.63, 3.8) is 0 Å². The van der Waals surface area contributed by atoms with Crippen LogP contribution in [0.2, 0.25) is 0 Å². The second-order valence-corrected chi connectivity index (χ2v) is 2.61. The molecule has 0 aliphatic rings. The molecule has 2 unspecified atom stereocenters. The van der Waals surface area contributed by atoms with Gasteiger partial charge in [-0.1, -0.05) is 11.8 Å². The van der Waals surface area contributed by atoms with E-state index in [1.54, 1.807) is 0 Å². The van der Waals surface area contributed by atoms with Gasteiger partial charge in [0.2, 0.25) is 0 Å². The molecule has 0 aromatic heterocycles. The van der Waals surface area contributed by atoms with Crippen molar-refractivity contribution in [2.24, 2.45) is 0 Å². The average Bonchev–Trinajstić information content (AvgIpc) is 2.12. The summed E-state index contributed by atoms with van der Waals surface area (Å²) in [5, 5.41) is 17.9. The normalized spacial score (nSPS) is 13.4. The maximum absolute atomic E-state index is 10.6. The lowest BCUT2D eigenvalue weighted by Gasteiger charge is -2.00. The zero-order valence-electron chi connectivity index (χ0n) is 7.77. The fourth-order valence-corrected chi connectivity index (χ4v) is 0.656. The standard InChI is InChI=1S/C9H12O5/c1-7(11)2-3-8(12)4-5-9(13)14-6-10/h6-8,11-12H,4-5H2,1H3. The van der Waals surface area contributed by atoms with Crippen LogP contribution in [0.15, 0.2) is 0 Å². The summed E-state index contributed by atoms with van der Waals surface area (Å²) in [7, 11) is 0. The fourth-order valence-electron chi connectivity index (χ4n) is 0.656. The summed E-state index contributed by atoms with van der Waals surface area (Å²) >= 11 is 0. The zero-order chi connectivity index (χ0) is 11.0. The Balaban J connectivity index is 3.75. The van der Waals surface area contributed by atoms with Crippen molar-refractivity contribution in [1.29, 1.82) is 0 Å². The maximum atomic E-state index is 10.6. The quantitative estimate of drug-likeness (QED) is 0.269. The van der Waals surface area contributed by atoms with Crippen LogP contribution in [0.1, 0.15) is 19.8 Å². The number of hydrogen-bond donors (Lipinski definition) is 2. The zero-order valence-corrected chi connectivity index (χ0v) is 7.77. The summed E-state index contributed by atoms with van der Waals surface area (Å²) in [4.78, 5) is 20.3. The minimum absolute atomic E-state index is 0.0379. The molecule has 0 aliphatic heterocycles. The van der Waals surface area contributed by atoms with Crippen LogP contribution < -0.4 is 0 Å².